The molecule has 11 nitrogen and oxygen atoms in total. The van der Waals surface area contributed by atoms with Gasteiger partial charge in [-0.15, -0.1) is 0 Å². The van der Waals surface area contributed by atoms with Crippen molar-refractivity contribution < 1.29 is 33.3 Å². The van der Waals surface area contributed by atoms with Crippen molar-refractivity contribution in [1.82, 2.24) is 19.5 Å². The Labute approximate surface area is 183 Å². The van der Waals surface area contributed by atoms with Gasteiger partial charge in [0, 0.05) is 36.4 Å². The lowest BCUT2D eigenvalue weighted by Gasteiger charge is -2.23. The molecule has 1 fully saturated rings. The molecule has 0 radical (unpaired) electrons. The Kier molecular flexibility index (Phi) is 6.53. The maximum Gasteiger partial charge on any atom is 0.308 e. The fourth-order valence-electron chi connectivity index (χ4n) is 3.04. The molecule has 0 bridgehead atoms. The van der Waals surface area contributed by atoms with E-state index in [9.17, 15) is 14.4 Å². The summed E-state index contributed by atoms with van der Waals surface area (Å²) in [5, 5.41) is 0.142. The maximum absolute atomic E-state index is 11.8. The summed E-state index contributed by atoms with van der Waals surface area (Å²) < 4.78 is 23.2. The second-order valence-electron chi connectivity index (χ2n) is 6.10. The summed E-state index contributed by atoms with van der Waals surface area (Å²) in [6.07, 6.45) is -2.83. The van der Waals surface area contributed by atoms with Gasteiger partial charge in [0.05, 0.1) is 19.9 Å². The summed E-state index contributed by atoms with van der Waals surface area (Å²) >= 11 is 8.03. The normalized spacial score (nSPS) is 23.8. The number of imidazole rings is 1. The van der Waals surface area contributed by atoms with Crippen molar-refractivity contribution in [3.05, 3.63) is 15.3 Å². The minimum absolute atomic E-state index is 0.142. The van der Waals surface area contributed by atoms with Crippen LogP contribution in [0.1, 0.15) is 26.5 Å². The van der Waals surface area contributed by atoms with Gasteiger partial charge in [-0.1, -0.05) is 11.6 Å². The van der Waals surface area contributed by atoms with E-state index in [-0.39, 0.29) is 11.6 Å². The summed E-state index contributed by atoms with van der Waals surface area (Å²) in [5.41, 5.74) is 0.648. The zero-order chi connectivity index (χ0) is 21.3. The molecular weight excluding hydrogens is 523 g/mol. The Bertz CT molecular complexity index is 968. The molecule has 0 unspecified atom stereocenters. The van der Waals surface area contributed by atoms with Crippen molar-refractivity contribution in [3.63, 3.8) is 0 Å². The highest BCUT2D eigenvalue weighted by molar-refractivity contribution is 14.1. The SMILES string of the molecule is COC(=O)C[C@H]1O[C@@H](n2cnc3c(Cl)nc(I)nc32)[C@H](OC(C)=O)[C@@H]1OC(C)=O. The topological polar surface area (TPSA) is 132 Å². The quantitative estimate of drug-likeness (QED) is 0.181. The summed E-state index contributed by atoms with van der Waals surface area (Å²) in [4.78, 5) is 47.7. The van der Waals surface area contributed by atoms with Crippen molar-refractivity contribution in [1.29, 1.82) is 0 Å². The van der Waals surface area contributed by atoms with Crippen LogP contribution in [0.25, 0.3) is 11.2 Å². The van der Waals surface area contributed by atoms with Gasteiger partial charge in [-0.3, -0.25) is 19.0 Å². The van der Waals surface area contributed by atoms with Crippen LogP contribution in [0.5, 0.6) is 0 Å². The van der Waals surface area contributed by atoms with Crippen LogP contribution in [0.3, 0.4) is 0 Å². The minimum Gasteiger partial charge on any atom is -0.469 e. The average molecular weight is 539 g/mol. The standard InChI is InChI=1S/C16H16ClIN4O7/c1-6(23)27-11-8(4-9(25)26-3)29-15(12(11)28-7(2)24)22-5-19-10-13(17)20-16(18)21-14(10)22/h5,8,11-12,15H,4H2,1-3H3/t8-,11-,12-,15-/m1/s1. The summed E-state index contributed by atoms with van der Waals surface area (Å²) in [5.74, 6) is -1.82. The van der Waals surface area contributed by atoms with E-state index in [2.05, 4.69) is 19.7 Å². The largest absolute Gasteiger partial charge is 0.469 e. The van der Waals surface area contributed by atoms with Crippen LogP contribution in [0, 0.1) is 3.83 Å². The third-order valence-electron chi connectivity index (χ3n) is 4.11. The summed E-state index contributed by atoms with van der Waals surface area (Å²) in [6.45, 7) is 2.42. The van der Waals surface area contributed by atoms with E-state index in [4.69, 9.17) is 25.8 Å². The molecular formula is C16H16ClIN4O7. The number of ether oxygens (including phenoxy) is 4. The number of halogens is 2. The molecule has 3 rings (SSSR count). The third-order valence-corrected chi connectivity index (χ3v) is 4.86. The van der Waals surface area contributed by atoms with Crippen LogP contribution in [-0.4, -0.2) is 62.8 Å². The van der Waals surface area contributed by atoms with Crippen molar-refractivity contribution in [2.24, 2.45) is 0 Å². The number of carbonyl (C=O) groups excluding carboxylic acids is 3. The first-order chi connectivity index (χ1) is 13.7. The molecule has 29 heavy (non-hydrogen) atoms. The highest BCUT2D eigenvalue weighted by atomic mass is 127. The molecule has 4 atom stereocenters. The van der Waals surface area contributed by atoms with Crippen molar-refractivity contribution in [2.45, 2.75) is 44.8 Å². The molecule has 1 aliphatic heterocycles. The van der Waals surface area contributed by atoms with E-state index in [1.807, 2.05) is 22.6 Å². The first kappa shape index (κ1) is 21.6. The number of hydrogen-bond acceptors (Lipinski definition) is 10. The Balaban J connectivity index is 2.06. The van der Waals surface area contributed by atoms with Gasteiger partial charge < -0.3 is 18.9 Å². The van der Waals surface area contributed by atoms with Crippen LogP contribution >= 0.6 is 34.2 Å². The number of rotatable bonds is 5. The second kappa shape index (κ2) is 8.75. The number of hydrogen-bond donors (Lipinski definition) is 0. The van der Waals surface area contributed by atoms with Gasteiger partial charge in [0.25, 0.3) is 0 Å². The highest BCUT2D eigenvalue weighted by Crippen LogP contribution is 2.37. The fourth-order valence-corrected chi connectivity index (χ4v) is 3.86. The molecule has 0 spiro atoms. The van der Waals surface area contributed by atoms with Gasteiger partial charge in [0.15, 0.2) is 33.1 Å². The van der Waals surface area contributed by atoms with Gasteiger partial charge >= 0.3 is 17.9 Å². The maximum atomic E-state index is 11.8. The molecule has 1 saturated heterocycles. The number of esters is 3. The average Bonchev–Trinajstić information content (AvgIpc) is 3.17. The molecule has 3 heterocycles. The van der Waals surface area contributed by atoms with Crippen molar-refractivity contribution in [2.75, 3.05) is 7.11 Å². The van der Waals surface area contributed by atoms with Crippen LogP contribution < -0.4 is 0 Å². The first-order valence-electron chi connectivity index (χ1n) is 8.33. The Hall–Kier alpha value is -2.06. The Morgan fingerprint density at radius 1 is 1.21 bits per heavy atom. The van der Waals surface area contributed by atoms with Crippen molar-refractivity contribution in [3.8, 4) is 0 Å². The zero-order valence-electron chi connectivity index (χ0n) is 15.5. The third kappa shape index (κ3) is 4.59. The van der Waals surface area contributed by atoms with E-state index in [0.29, 0.717) is 15.0 Å². The van der Waals surface area contributed by atoms with Crippen LogP contribution in [0.15, 0.2) is 6.33 Å². The Morgan fingerprint density at radius 2 is 1.86 bits per heavy atom. The minimum atomic E-state index is -1.06. The molecule has 0 aliphatic carbocycles. The predicted molar refractivity (Wildman–Crippen MR) is 105 cm³/mol. The number of aromatic nitrogens is 4. The molecule has 156 valence electrons. The molecule has 1 aliphatic rings. The smallest absolute Gasteiger partial charge is 0.308 e. The number of nitrogens with zero attached hydrogens (tertiary/aromatic N) is 4. The zero-order valence-corrected chi connectivity index (χ0v) is 18.4. The Morgan fingerprint density at radius 3 is 2.48 bits per heavy atom. The van der Waals surface area contributed by atoms with E-state index in [1.165, 1.54) is 31.9 Å². The lowest BCUT2D eigenvalue weighted by atomic mass is 10.1. The van der Waals surface area contributed by atoms with Crippen molar-refractivity contribution >= 4 is 63.3 Å². The first-order valence-corrected chi connectivity index (χ1v) is 9.79. The van der Waals surface area contributed by atoms with E-state index < -0.39 is 42.4 Å². The van der Waals surface area contributed by atoms with Crippen LogP contribution in [-0.2, 0) is 33.3 Å². The van der Waals surface area contributed by atoms with Gasteiger partial charge in [-0.05, 0) is 0 Å². The van der Waals surface area contributed by atoms with Gasteiger partial charge in [-0.2, -0.15) is 0 Å². The number of carbonyl (C=O) groups is 3. The predicted octanol–water partition coefficient (Wildman–Crippen LogP) is 1.41. The van der Waals surface area contributed by atoms with Crippen LogP contribution in [0.4, 0.5) is 0 Å². The van der Waals surface area contributed by atoms with Gasteiger partial charge in [0.1, 0.15) is 11.6 Å². The molecule has 0 aromatic carbocycles. The second-order valence-corrected chi connectivity index (χ2v) is 7.42. The fraction of sp³-hybridized carbons (Fsp3) is 0.500. The molecule has 0 amide bonds. The molecule has 2 aromatic heterocycles. The molecule has 0 saturated carbocycles. The highest BCUT2D eigenvalue weighted by Gasteiger charge is 2.51. The summed E-state index contributed by atoms with van der Waals surface area (Å²) in [6, 6.07) is 0. The van der Waals surface area contributed by atoms with E-state index in [0.717, 1.165) is 0 Å². The molecule has 0 N–H and O–H groups in total. The van der Waals surface area contributed by atoms with E-state index in [1.54, 1.807) is 0 Å². The summed E-state index contributed by atoms with van der Waals surface area (Å²) in [7, 11) is 1.23. The number of methoxy groups -OCH3 is 1. The lowest BCUT2D eigenvalue weighted by Crippen LogP contribution is -2.39. The van der Waals surface area contributed by atoms with Crippen LogP contribution in [0.2, 0.25) is 5.15 Å². The molecule has 2 aromatic rings. The van der Waals surface area contributed by atoms with Gasteiger partial charge in [-0.25, -0.2) is 15.0 Å². The van der Waals surface area contributed by atoms with Gasteiger partial charge in [0.2, 0.25) is 0 Å². The monoisotopic (exact) mass is 538 g/mol. The number of fused-ring (bicyclic) bond motifs is 1. The molecule has 13 heteroatoms. The van der Waals surface area contributed by atoms with E-state index >= 15 is 0 Å². The lowest BCUT2D eigenvalue weighted by molar-refractivity contribution is -0.165.